The monoisotopic (exact) mass is 146 g/mol. The number of carboxylic acid groups (broad SMARTS) is 2. The summed E-state index contributed by atoms with van der Waals surface area (Å²) in [5.74, 6) is -3.34. The highest BCUT2D eigenvalue weighted by molar-refractivity contribution is 5.92. The second kappa shape index (κ2) is 3.49. The second-order valence-corrected chi connectivity index (χ2v) is 1.36. The number of carboxylic acids is 2. The van der Waals surface area contributed by atoms with Crippen LogP contribution in [0.4, 0.5) is 0 Å². The van der Waals surface area contributed by atoms with E-state index in [0.29, 0.717) is 6.08 Å². The van der Waals surface area contributed by atoms with Crippen LogP contribution in [0.25, 0.3) is 0 Å². The van der Waals surface area contributed by atoms with Crippen LogP contribution in [0.5, 0.6) is 0 Å². The topological polar surface area (TPSA) is 83.8 Å². The minimum atomic E-state index is -1.40. The summed E-state index contributed by atoms with van der Waals surface area (Å²) in [5, 5.41) is 16.2. The van der Waals surface area contributed by atoms with E-state index >= 15 is 0 Å². The van der Waals surface area contributed by atoms with E-state index < -0.39 is 17.7 Å². The molecule has 2 N–H and O–H groups in total. The molecule has 5 nitrogen and oxygen atoms in total. The van der Waals surface area contributed by atoms with E-state index in [0.717, 1.165) is 7.11 Å². The molecule has 0 aromatic rings. The summed E-state index contributed by atoms with van der Waals surface area (Å²) < 4.78 is 4.20. The lowest BCUT2D eigenvalue weighted by molar-refractivity contribution is -0.138. The van der Waals surface area contributed by atoms with Gasteiger partial charge >= 0.3 is 11.9 Å². The van der Waals surface area contributed by atoms with Crippen LogP contribution in [0.1, 0.15) is 0 Å². The Morgan fingerprint density at radius 2 is 1.90 bits per heavy atom. The predicted molar refractivity (Wildman–Crippen MR) is 30.4 cm³/mol. The SMILES string of the molecule is CO/C(=C/C(=O)O)C(=O)O. The van der Waals surface area contributed by atoms with Gasteiger partial charge in [-0.05, 0) is 0 Å². The van der Waals surface area contributed by atoms with Gasteiger partial charge in [-0.1, -0.05) is 0 Å². The van der Waals surface area contributed by atoms with Crippen molar-refractivity contribution in [3.05, 3.63) is 11.8 Å². The molecular weight excluding hydrogens is 140 g/mol. The van der Waals surface area contributed by atoms with Gasteiger partial charge in [0.1, 0.15) is 0 Å². The molecule has 0 unspecified atom stereocenters. The number of hydrogen-bond donors (Lipinski definition) is 2. The predicted octanol–water partition coefficient (Wildman–Crippen LogP) is -0.314. The zero-order valence-electron chi connectivity index (χ0n) is 5.20. The smallest absolute Gasteiger partial charge is 0.371 e. The first-order chi connectivity index (χ1) is 4.57. The van der Waals surface area contributed by atoms with Crippen molar-refractivity contribution in [2.45, 2.75) is 0 Å². The van der Waals surface area contributed by atoms with Crippen LogP contribution in [-0.2, 0) is 14.3 Å². The third kappa shape index (κ3) is 2.71. The van der Waals surface area contributed by atoms with Crippen molar-refractivity contribution in [3.8, 4) is 0 Å². The van der Waals surface area contributed by atoms with E-state index in [1.54, 1.807) is 0 Å². The van der Waals surface area contributed by atoms with E-state index in [9.17, 15) is 9.59 Å². The Labute approximate surface area is 56.5 Å². The quantitative estimate of drug-likeness (QED) is 0.421. The van der Waals surface area contributed by atoms with Crippen LogP contribution in [-0.4, -0.2) is 29.3 Å². The van der Waals surface area contributed by atoms with Gasteiger partial charge < -0.3 is 14.9 Å². The molecule has 0 bridgehead atoms. The summed E-state index contributed by atoms with van der Waals surface area (Å²) in [7, 11) is 1.09. The van der Waals surface area contributed by atoms with Crippen LogP contribution >= 0.6 is 0 Å². The maximum Gasteiger partial charge on any atom is 0.371 e. The molecule has 0 aliphatic rings. The summed E-state index contributed by atoms with van der Waals surface area (Å²) in [6, 6.07) is 0. The van der Waals surface area contributed by atoms with Crippen LogP contribution < -0.4 is 0 Å². The van der Waals surface area contributed by atoms with Crippen LogP contribution in [0.15, 0.2) is 11.8 Å². The molecule has 0 atom stereocenters. The molecule has 0 aromatic heterocycles. The molecule has 0 fully saturated rings. The number of hydrogen-bond acceptors (Lipinski definition) is 3. The molecular formula is C5H6O5. The second-order valence-electron chi connectivity index (χ2n) is 1.36. The van der Waals surface area contributed by atoms with Crippen molar-refractivity contribution in [2.24, 2.45) is 0 Å². The highest BCUT2D eigenvalue weighted by Gasteiger charge is 2.07. The van der Waals surface area contributed by atoms with Gasteiger partial charge in [0.2, 0.25) is 5.76 Å². The molecule has 5 heteroatoms. The number of carbonyl (C=O) groups is 2. The van der Waals surface area contributed by atoms with Crippen molar-refractivity contribution in [2.75, 3.05) is 7.11 Å². The number of ether oxygens (including phenoxy) is 1. The van der Waals surface area contributed by atoms with Gasteiger partial charge in [0.15, 0.2) is 0 Å². The van der Waals surface area contributed by atoms with Crippen molar-refractivity contribution in [1.82, 2.24) is 0 Å². The van der Waals surface area contributed by atoms with Crippen molar-refractivity contribution >= 4 is 11.9 Å². The van der Waals surface area contributed by atoms with Crippen molar-refractivity contribution in [3.63, 3.8) is 0 Å². The van der Waals surface area contributed by atoms with Crippen LogP contribution in [0.3, 0.4) is 0 Å². The fourth-order valence-electron chi connectivity index (χ4n) is 0.320. The molecule has 56 valence electrons. The number of aliphatic carboxylic acids is 2. The van der Waals surface area contributed by atoms with Gasteiger partial charge in [0.25, 0.3) is 0 Å². The fraction of sp³-hybridized carbons (Fsp3) is 0.200. The summed E-state index contributed by atoms with van der Waals surface area (Å²) in [5.41, 5.74) is 0. The van der Waals surface area contributed by atoms with Crippen LogP contribution in [0, 0.1) is 0 Å². The Hall–Kier alpha value is -1.52. The lowest BCUT2D eigenvalue weighted by atomic mass is 10.4. The Morgan fingerprint density at radius 3 is 2.00 bits per heavy atom. The highest BCUT2D eigenvalue weighted by Crippen LogP contribution is 1.93. The van der Waals surface area contributed by atoms with E-state index in [1.165, 1.54) is 0 Å². The standard InChI is InChI=1S/C5H6O5/c1-10-3(5(8)9)2-4(6)7/h2H,1H3,(H,6,7)(H,8,9)/b3-2+. The molecule has 0 saturated carbocycles. The van der Waals surface area contributed by atoms with E-state index in [4.69, 9.17) is 10.2 Å². The maximum atomic E-state index is 10.0. The summed E-state index contributed by atoms with van der Waals surface area (Å²) >= 11 is 0. The molecule has 0 amide bonds. The molecule has 0 aliphatic carbocycles. The zero-order chi connectivity index (χ0) is 8.15. The molecule has 0 radical (unpaired) electrons. The minimum Gasteiger partial charge on any atom is -0.490 e. The lowest BCUT2D eigenvalue weighted by Crippen LogP contribution is -2.05. The molecule has 0 heterocycles. The lowest BCUT2D eigenvalue weighted by Gasteiger charge is -1.95. The summed E-state index contributed by atoms with van der Waals surface area (Å²) in [6.07, 6.45) is 0.475. The van der Waals surface area contributed by atoms with E-state index in [-0.39, 0.29) is 0 Å². The molecule has 0 rings (SSSR count). The van der Waals surface area contributed by atoms with Crippen molar-refractivity contribution in [1.29, 1.82) is 0 Å². The summed E-state index contributed by atoms with van der Waals surface area (Å²) in [4.78, 5) is 19.9. The Bertz CT molecular complexity index is 180. The Balaban J connectivity index is 4.34. The minimum absolute atomic E-state index is 0.475. The van der Waals surface area contributed by atoms with Gasteiger partial charge in [-0.15, -0.1) is 0 Å². The third-order valence-corrected chi connectivity index (χ3v) is 0.685. The average molecular weight is 146 g/mol. The first-order valence-corrected chi connectivity index (χ1v) is 2.30. The first-order valence-electron chi connectivity index (χ1n) is 2.30. The molecule has 0 aliphatic heterocycles. The maximum absolute atomic E-state index is 10.0. The van der Waals surface area contributed by atoms with Crippen molar-refractivity contribution < 1.29 is 24.5 Å². The molecule has 10 heavy (non-hydrogen) atoms. The van der Waals surface area contributed by atoms with Gasteiger partial charge in [0.05, 0.1) is 13.2 Å². The largest absolute Gasteiger partial charge is 0.490 e. The Morgan fingerprint density at radius 1 is 1.40 bits per heavy atom. The van der Waals surface area contributed by atoms with E-state index in [1.807, 2.05) is 0 Å². The number of rotatable bonds is 3. The molecule has 0 saturated heterocycles. The molecule has 0 spiro atoms. The van der Waals surface area contributed by atoms with Crippen LogP contribution in [0.2, 0.25) is 0 Å². The number of methoxy groups -OCH3 is 1. The van der Waals surface area contributed by atoms with Gasteiger partial charge in [-0.25, -0.2) is 9.59 Å². The van der Waals surface area contributed by atoms with Gasteiger partial charge in [0, 0.05) is 0 Å². The first kappa shape index (κ1) is 8.48. The van der Waals surface area contributed by atoms with E-state index in [2.05, 4.69) is 4.74 Å². The molecule has 0 aromatic carbocycles. The fourth-order valence-corrected chi connectivity index (χ4v) is 0.320. The third-order valence-electron chi connectivity index (χ3n) is 0.685. The average Bonchev–Trinajstić information content (AvgIpc) is 1.81. The zero-order valence-corrected chi connectivity index (χ0v) is 5.20. The Kier molecular flexibility index (Phi) is 2.96. The van der Waals surface area contributed by atoms with Gasteiger partial charge in [-0.2, -0.15) is 0 Å². The normalized spacial score (nSPS) is 10.7. The highest BCUT2D eigenvalue weighted by atomic mass is 16.5. The summed E-state index contributed by atoms with van der Waals surface area (Å²) in [6.45, 7) is 0. The van der Waals surface area contributed by atoms with Gasteiger partial charge in [-0.3, -0.25) is 0 Å².